The zero-order valence-corrected chi connectivity index (χ0v) is 17.4. The third-order valence-corrected chi connectivity index (χ3v) is 5.42. The number of ether oxygens (including phenoxy) is 1. The summed E-state index contributed by atoms with van der Waals surface area (Å²) in [5.74, 6) is 1.21. The van der Waals surface area contributed by atoms with E-state index in [1.807, 2.05) is 44.4 Å². The van der Waals surface area contributed by atoms with E-state index >= 15 is 0 Å². The SMILES string of the molecule is COc1ccc(C(CNC(=O)c2cccc(NC(=O)C3CC3C)c2)N(C)C)cc1. The van der Waals surface area contributed by atoms with E-state index in [9.17, 15) is 9.59 Å². The van der Waals surface area contributed by atoms with Gasteiger partial charge in [0.05, 0.1) is 13.2 Å². The number of methoxy groups -OCH3 is 1. The van der Waals surface area contributed by atoms with Crippen LogP contribution in [-0.4, -0.2) is 44.5 Å². The molecule has 1 aliphatic carbocycles. The lowest BCUT2D eigenvalue weighted by Crippen LogP contribution is -2.34. The molecule has 1 fully saturated rings. The summed E-state index contributed by atoms with van der Waals surface area (Å²) in [5.41, 5.74) is 2.27. The maximum atomic E-state index is 12.7. The van der Waals surface area contributed by atoms with Gasteiger partial charge in [0.1, 0.15) is 5.75 Å². The van der Waals surface area contributed by atoms with Crippen molar-refractivity contribution in [1.82, 2.24) is 10.2 Å². The molecular weight excluding hydrogens is 366 g/mol. The number of anilines is 1. The molecule has 2 aromatic carbocycles. The van der Waals surface area contributed by atoms with E-state index < -0.39 is 0 Å². The predicted octanol–water partition coefficient (Wildman–Crippen LogP) is 3.32. The Morgan fingerprint density at radius 1 is 1.17 bits per heavy atom. The molecule has 0 aromatic heterocycles. The van der Waals surface area contributed by atoms with Crippen LogP contribution < -0.4 is 15.4 Å². The fraction of sp³-hybridized carbons (Fsp3) is 0.391. The largest absolute Gasteiger partial charge is 0.497 e. The summed E-state index contributed by atoms with van der Waals surface area (Å²) in [7, 11) is 5.60. The number of amides is 2. The fourth-order valence-electron chi connectivity index (χ4n) is 3.38. The van der Waals surface area contributed by atoms with E-state index in [1.54, 1.807) is 25.3 Å². The van der Waals surface area contributed by atoms with E-state index in [-0.39, 0.29) is 23.8 Å². The number of hydrogen-bond acceptors (Lipinski definition) is 4. The number of rotatable bonds is 8. The highest BCUT2D eigenvalue weighted by molar-refractivity contribution is 5.98. The summed E-state index contributed by atoms with van der Waals surface area (Å²) in [5, 5.41) is 5.92. The quantitative estimate of drug-likeness (QED) is 0.719. The lowest BCUT2D eigenvalue weighted by Gasteiger charge is -2.25. The Morgan fingerprint density at radius 2 is 1.86 bits per heavy atom. The third-order valence-electron chi connectivity index (χ3n) is 5.42. The second-order valence-corrected chi connectivity index (χ2v) is 7.85. The van der Waals surface area contributed by atoms with Crippen LogP contribution in [0.3, 0.4) is 0 Å². The van der Waals surface area contributed by atoms with Crippen molar-refractivity contribution < 1.29 is 14.3 Å². The van der Waals surface area contributed by atoms with Gasteiger partial charge in [-0.3, -0.25) is 9.59 Å². The second-order valence-electron chi connectivity index (χ2n) is 7.85. The van der Waals surface area contributed by atoms with E-state index in [2.05, 4.69) is 22.5 Å². The van der Waals surface area contributed by atoms with Crippen LogP contribution in [0.1, 0.15) is 35.3 Å². The topological polar surface area (TPSA) is 70.7 Å². The molecule has 2 N–H and O–H groups in total. The van der Waals surface area contributed by atoms with Crippen LogP contribution in [0.25, 0.3) is 0 Å². The molecule has 0 radical (unpaired) electrons. The highest BCUT2D eigenvalue weighted by Crippen LogP contribution is 2.38. The van der Waals surface area contributed by atoms with Gasteiger partial charge >= 0.3 is 0 Å². The minimum Gasteiger partial charge on any atom is -0.497 e. The molecule has 3 atom stereocenters. The number of likely N-dealkylation sites (N-methyl/N-ethyl adjacent to an activating group) is 1. The minimum absolute atomic E-state index is 0.0298. The number of benzene rings is 2. The van der Waals surface area contributed by atoms with Crippen LogP contribution in [0.15, 0.2) is 48.5 Å². The smallest absolute Gasteiger partial charge is 0.251 e. The second kappa shape index (κ2) is 9.09. The van der Waals surface area contributed by atoms with Crippen LogP contribution in [-0.2, 0) is 4.79 Å². The van der Waals surface area contributed by atoms with Crippen LogP contribution in [0.5, 0.6) is 5.75 Å². The van der Waals surface area contributed by atoms with Crippen molar-refractivity contribution in [2.75, 3.05) is 33.1 Å². The Kier molecular flexibility index (Phi) is 6.54. The van der Waals surface area contributed by atoms with Gasteiger partial charge in [0.15, 0.2) is 0 Å². The molecule has 0 aliphatic heterocycles. The Hall–Kier alpha value is -2.86. The monoisotopic (exact) mass is 395 g/mol. The van der Waals surface area contributed by atoms with Gasteiger partial charge in [-0.1, -0.05) is 25.1 Å². The fourth-order valence-corrected chi connectivity index (χ4v) is 3.38. The van der Waals surface area contributed by atoms with Crippen molar-refractivity contribution in [3.63, 3.8) is 0 Å². The predicted molar refractivity (Wildman–Crippen MR) is 114 cm³/mol. The van der Waals surface area contributed by atoms with Crippen molar-refractivity contribution in [3.8, 4) is 5.75 Å². The molecule has 29 heavy (non-hydrogen) atoms. The van der Waals surface area contributed by atoms with Crippen LogP contribution >= 0.6 is 0 Å². The molecule has 0 saturated heterocycles. The molecule has 0 spiro atoms. The normalized spacial score (nSPS) is 18.8. The van der Waals surface area contributed by atoms with Gasteiger partial charge in [0.25, 0.3) is 5.91 Å². The zero-order valence-electron chi connectivity index (χ0n) is 17.4. The Balaban J connectivity index is 1.62. The summed E-state index contributed by atoms with van der Waals surface area (Å²) in [6.07, 6.45) is 0.934. The first-order valence-corrected chi connectivity index (χ1v) is 9.88. The first-order valence-electron chi connectivity index (χ1n) is 9.88. The molecule has 3 rings (SSSR count). The van der Waals surface area contributed by atoms with Gasteiger partial charge in [-0.05, 0) is 62.3 Å². The number of hydrogen-bond donors (Lipinski definition) is 2. The molecule has 1 aliphatic rings. The number of nitrogens with one attached hydrogen (secondary N) is 2. The van der Waals surface area contributed by atoms with E-state index in [0.29, 0.717) is 23.7 Å². The van der Waals surface area contributed by atoms with Crippen molar-refractivity contribution in [3.05, 3.63) is 59.7 Å². The lowest BCUT2D eigenvalue weighted by atomic mass is 10.1. The van der Waals surface area contributed by atoms with E-state index in [0.717, 1.165) is 17.7 Å². The highest BCUT2D eigenvalue weighted by Gasteiger charge is 2.39. The Bertz CT molecular complexity index is 864. The first-order chi connectivity index (χ1) is 13.9. The van der Waals surface area contributed by atoms with Gasteiger partial charge < -0.3 is 20.3 Å². The minimum atomic E-state index is -0.166. The van der Waals surface area contributed by atoms with Crippen molar-refractivity contribution in [2.24, 2.45) is 11.8 Å². The van der Waals surface area contributed by atoms with Crippen LogP contribution in [0, 0.1) is 11.8 Å². The van der Waals surface area contributed by atoms with E-state index in [1.165, 1.54) is 0 Å². The summed E-state index contributed by atoms with van der Waals surface area (Å²) in [4.78, 5) is 26.9. The van der Waals surface area contributed by atoms with Crippen molar-refractivity contribution in [1.29, 1.82) is 0 Å². The van der Waals surface area contributed by atoms with E-state index in [4.69, 9.17) is 4.74 Å². The maximum Gasteiger partial charge on any atom is 0.251 e. The summed E-state index contributed by atoms with van der Waals surface area (Å²) >= 11 is 0. The Morgan fingerprint density at radius 3 is 2.45 bits per heavy atom. The molecule has 6 heteroatoms. The van der Waals surface area contributed by atoms with Gasteiger partial charge in [0.2, 0.25) is 5.91 Å². The molecule has 1 saturated carbocycles. The molecule has 6 nitrogen and oxygen atoms in total. The van der Waals surface area contributed by atoms with Crippen molar-refractivity contribution >= 4 is 17.5 Å². The standard InChI is InChI=1S/C23H29N3O3/c1-15-12-20(15)23(28)25-18-7-5-6-17(13-18)22(27)24-14-21(26(2)3)16-8-10-19(29-4)11-9-16/h5-11,13,15,20-21H,12,14H2,1-4H3,(H,24,27)(H,25,28). The van der Waals surface area contributed by atoms with Gasteiger partial charge in [-0.25, -0.2) is 0 Å². The van der Waals surface area contributed by atoms with Crippen LogP contribution in [0.4, 0.5) is 5.69 Å². The molecular formula is C23H29N3O3. The summed E-state index contributed by atoms with van der Waals surface area (Å²) < 4.78 is 5.22. The maximum absolute atomic E-state index is 12.7. The van der Waals surface area contributed by atoms with Crippen LogP contribution in [0.2, 0.25) is 0 Å². The summed E-state index contributed by atoms with van der Waals surface area (Å²) in [6, 6.07) is 14.9. The summed E-state index contributed by atoms with van der Waals surface area (Å²) in [6.45, 7) is 2.53. The average molecular weight is 396 g/mol. The molecule has 0 bridgehead atoms. The lowest BCUT2D eigenvalue weighted by molar-refractivity contribution is -0.117. The zero-order chi connectivity index (χ0) is 21.0. The molecule has 3 unspecified atom stereocenters. The van der Waals surface area contributed by atoms with Crippen molar-refractivity contribution in [2.45, 2.75) is 19.4 Å². The molecule has 2 amide bonds. The average Bonchev–Trinajstić information content (AvgIpc) is 3.45. The molecule has 0 heterocycles. The number of carbonyl (C=O) groups is 2. The highest BCUT2D eigenvalue weighted by atomic mass is 16.5. The van der Waals surface area contributed by atoms with Gasteiger partial charge in [-0.15, -0.1) is 0 Å². The Labute approximate surface area is 172 Å². The third kappa shape index (κ3) is 5.35. The van der Waals surface area contributed by atoms with Gasteiger partial charge in [-0.2, -0.15) is 0 Å². The number of carbonyl (C=O) groups excluding carboxylic acids is 2. The molecule has 2 aromatic rings. The first kappa shape index (κ1) is 20.9. The molecule has 154 valence electrons. The van der Waals surface area contributed by atoms with Gasteiger partial charge in [0, 0.05) is 23.7 Å². The number of nitrogens with zero attached hydrogens (tertiary/aromatic N) is 1.